The van der Waals surface area contributed by atoms with Gasteiger partial charge in [-0.1, -0.05) is 43.7 Å². The van der Waals surface area contributed by atoms with E-state index in [-0.39, 0.29) is 0 Å². The Morgan fingerprint density at radius 2 is 1.71 bits per heavy atom. The normalized spacial score (nSPS) is 15.1. The summed E-state index contributed by atoms with van der Waals surface area (Å²) < 4.78 is 0. The Balaban J connectivity index is 2.44. The van der Waals surface area contributed by atoms with Crippen LogP contribution in [0.2, 0.25) is 0 Å². The molecular weight excluding hydrogens is 176 g/mol. The number of aliphatic hydroxyl groups is 2. The maximum atomic E-state index is 9.65. The SMILES string of the molecule is CCCC(O)C(O)Cc1ccccc1. The fourth-order valence-electron chi connectivity index (χ4n) is 1.48. The molecule has 2 nitrogen and oxygen atoms in total. The van der Waals surface area contributed by atoms with Crippen LogP contribution in [0.25, 0.3) is 0 Å². The second kappa shape index (κ2) is 5.78. The zero-order chi connectivity index (χ0) is 10.4. The van der Waals surface area contributed by atoms with E-state index < -0.39 is 12.2 Å². The molecule has 1 rings (SSSR count). The van der Waals surface area contributed by atoms with Gasteiger partial charge in [0.2, 0.25) is 0 Å². The van der Waals surface area contributed by atoms with E-state index in [1.165, 1.54) is 0 Å². The molecule has 0 bridgehead atoms. The summed E-state index contributed by atoms with van der Waals surface area (Å²) in [5.41, 5.74) is 1.06. The zero-order valence-corrected chi connectivity index (χ0v) is 8.56. The third kappa shape index (κ3) is 3.48. The second-order valence-electron chi connectivity index (χ2n) is 3.61. The molecule has 0 aliphatic heterocycles. The average molecular weight is 194 g/mol. The molecule has 1 aromatic rings. The van der Waals surface area contributed by atoms with Crippen LogP contribution in [-0.2, 0) is 6.42 Å². The van der Waals surface area contributed by atoms with E-state index in [4.69, 9.17) is 0 Å². The van der Waals surface area contributed by atoms with E-state index in [0.29, 0.717) is 12.8 Å². The van der Waals surface area contributed by atoms with Gasteiger partial charge in [-0.15, -0.1) is 0 Å². The van der Waals surface area contributed by atoms with Gasteiger partial charge in [0.05, 0.1) is 12.2 Å². The van der Waals surface area contributed by atoms with E-state index in [1.807, 2.05) is 37.3 Å². The summed E-state index contributed by atoms with van der Waals surface area (Å²) in [4.78, 5) is 0. The summed E-state index contributed by atoms with van der Waals surface area (Å²) in [7, 11) is 0. The summed E-state index contributed by atoms with van der Waals surface area (Å²) in [6, 6.07) is 9.74. The van der Waals surface area contributed by atoms with Crippen molar-refractivity contribution < 1.29 is 10.2 Å². The highest BCUT2D eigenvalue weighted by Crippen LogP contribution is 2.09. The second-order valence-corrected chi connectivity index (χ2v) is 3.61. The van der Waals surface area contributed by atoms with Gasteiger partial charge in [-0.3, -0.25) is 0 Å². The minimum absolute atomic E-state index is 0.530. The molecule has 0 amide bonds. The Labute approximate surface area is 85.2 Å². The number of rotatable bonds is 5. The molecule has 14 heavy (non-hydrogen) atoms. The van der Waals surface area contributed by atoms with Gasteiger partial charge in [-0.25, -0.2) is 0 Å². The molecule has 0 aliphatic rings. The van der Waals surface area contributed by atoms with E-state index in [0.717, 1.165) is 12.0 Å². The zero-order valence-electron chi connectivity index (χ0n) is 8.56. The third-order valence-electron chi connectivity index (χ3n) is 2.32. The first-order valence-electron chi connectivity index (χ1n) is 5.14. The Kier molecular flexibility index (Phi) is 4.63. The average Bonchev–Trinajstić information content (AvgIpc) is 2.19. The first kappa shape index (κ1) is 11.2. The van der Waals surface area contributed by atoms with Crippen molar-refractivity contribution in [3.63, 3.8) is 0 Å². The molecule has 1 aromatic carbocycles. The third-order valence-corrected chi connectivity index (χ3v) is 2.32. The highest BCUT2D eigenvalue weighted by atomic mass is 16.3. The van der Waals surface area contributed by atoms with E-state index in [9.17, 15) is 10.2 Å². The number of aliphatic hydroxyl groups excluding tert-OH is 2. The summed E-state index contributed by atoms with van der Waals surface area (Å²) in [6.45, 7) is 2.00. The van der Waals surface area contributed by atoms with Crippen LogP contribution in [-0.4, -0.2) is 22.4 Å². The van der Waals surface area contributed by atoms with Crippen LogP contribution in [0, 0.1) is 0 Å². The molecule has 2 heteroatoms. The van der Waals surface area contributed by atoms with Crippen molar-refractivity contribution in [2.24, 2.45) is 0 Å². The summed E-state index contributed by atoms with van der Waals surface area (Å²) in [5.74, 6) is 0. The molecule has 2 N–H and O–H groups in total. The largest absolute Gasteiger partial charge is 0.390 e. The first-order valence-corrected chi connectivity index (χ1v) is 5.14. The van der Waals surface area contributed by atoms with Gasteiger partial charge in [0.1, 0.15) is 0 Å². The van der Waals surface area contributed by atoms with Crippen molar-refractivity contribution in [1.82, 2.24) is 0 Å². The van der Waals surface area contributed by atoms with Crippen molar-refractivity contribution in [2.75, 3.05) is 0 Å². The lowest BCUT2D eigenvalue weighted by molar-refractivity contribution is 0.0148. The Bertz CT molecular complexity index is 246. The van der Waals surface area contributed by atoms with Crippen LogP contribution in [0.4, 0.5) is 0 Å². The minimum atomic E-state index is -0.641. The molecule has 0 saturated heterocycles. The maximum Gasteiger partial charge on any atom is 0.0839 e. The van der Waals surface area contributed by atoms with Crippen LogP contribution in [0.15, 0.2) is 30.3 Å². The Hall–Kier alpha value is -0.860. The van der Waals surface area contributed by atoms with Gasteiger partial charge in [0, 0.05) is 6.42 Å². The molecule has 0 heterocycles. The topological polar surface area (TPSA) is 40.5 Å². The van der Waals surface area contributed by atoms with Crippen LogP contribution in [0.1, 0.15) is 25.3 Å². The number of hydrogen-bond donors (Lipinski definition) is 2. The molecule has 2 atom stereocenters. The Morgan fingerprint density at radius 1 is 1.07 bits per heavy atom. The molecule has 0 spiro atoms. The first-order chi connectivity index (χ1) is 6.74. The van der Waals surface area contributed by atoms with Gasteiger partial charge >= 0.3 is 0 Å². The lowest BCUT2D eigenvalue weighted by atomic mass is 10.0. The Morgan fingerprint density at radius 3 is 2.29 bits per heavy atom. The van der Waals surface area contributed by atoms with Crippen LogP contribution in [0.3, 0.4) is 0 Å². The van der Waals surface area contributed by atoms with Gasteiger partial charge in [-0.05, 0) is 12.0 Å². The van der Waals surface area contributed by atoms with Gasteiger partial charge in [0.15, 0.2) is 0 Å². The van der Waals surface area contributed by atoms with Crippen molar-refractivity contribution in [3.8, 4) is 0 Å². The molecular formula is C12H18O2. The summed E-state index contributed by atoms with van der Waals surface area (Å²) in [5, 5.41) is 19.2. The molecule has 0 saturated carbocycles. The molecule has 0 radical (unpaired) electrons. The lowest BCUT2D eigenvalue weighted by Gasteiger charge is -2.16. The van der Waals surface area contributed by atoms with Crippen LogP contribution < -0.4 is 0 Å². The van der Waals surface area contributed by atoms with Gasteiger partial charge in [0.25, 0.3) is 0 Å². The lowest BCUT2D eigenvalue weighted by Crippen LogP contribution is -2.27. The van der Waals surface area contributed by atoms with Crippen LogP contribution in [0.5, 0.6) is 0 Å². The maximum absolute atomic E-state index is 9.65. The summed E-state index contributed by atoms with van der Waals surface area (Å²) >= 11 is 0. The molecule has 0 aliphatic carbocycles. The fraction of sp³-hybridized carbons (Fsp3) is 0.500. The summed E-state index contributed by atoms with van der Waals surface area (Å²) in [6.07, 6.45) is 0.848. The van der Waals surface area contributed by atoms with E-state index >= 15 is 0 Å². The minimum Gasteiger partial charge on any atom is -0.390 e. The highest BCUT2D eigenvalue weighted by molar-refractivity contribution is 5.15. The quantitative estimate of drug-likeness (QED) is 0.749. The van der Waals surface area contributed by atoms with Crippen molar-refractivity contribution in [1.29, 1.82) is 0 Å². The predicted molar refractivity (Wildman–Crippen MR) is 57.1 cm³/mol. The highest BCUT2D eigenvalue weighted by Gasteiger charge is 2.15. The predicted octanol–water partition coefficient (Wildman–Crippen LogP) is 1.75. The molecule has 0 aromatic heterocycles. The molecule has 78 valence electrons. The van der Waals surface area contributed by atoms with Crippen molar-refractivity contribution in [2.45, 2.75) is 38.4 Å². The number of hydrogen-bond acceptors (Lipinski definition) is 2. The van der Waals surface area contributed by atoms with Crippen molar-refractivity contribution >= 4 is 0 Å². The molecule has 0 fully saturated rings. The van der Waals surface area contributed by atoms with Crippen molar-refractivity contribution in [3.05, 3.63) is 35.9 Å². The fourth-order valence-corrected chi connectivity index (χ4v) is 1.48. The molecule has 2 unspecified atom stereocenters. The monoisotopic (exact) mass is 194 g/mol. The smallest absolute Gasteiger partial charge is 0.0839 e. The van der Waals surface area contributed by atoms with E-state index in [2.05, 4.69) is 0 Å². The van der Waals surface area contributed by atoms with Gasteiger partial charge in [-0.2, -0.15) is 0 Å². The van der Waals surface area contributed by atoms with Gasteiger partial charge < -0.3 is 10.2 Å². The van der Waals surface area contributed by atoms with Crippen LogP contribution >= 0.6 is 0 Å². The standard InChI is InChI=1S/C12H18O2/c1-2-6-11(13)12(14)9-10-7-4-3-5-8-10/h3-5,7-8,11-14H,2,6,9H2,1H3. The van der Waals surface area contributed by atoms with E-state index in [1.54, 1.807) is 0 Å². The number of benzene rings is 1.